The molecule has 66 heavy (non-hydrogen) atoms. The first kappa shape index (κ1) is 44.9. The first-order valence-corrected chi connectivity index (χ1v) is 25.2. The minimum atomic E-state index is -2.74. The van der Waals surface area contributed by atoms with Crippen LogP contribution >= 0.6 is 18.7 Å². The lowest BCUT2D eigenvalue weighted by atomic mass is 9.90. The summed E-state index contributed by atoms with van der Waals surface area (Å²) in [6.07, 6.45) is 7.86. The molecule has 3 aliphatic rings. The minimum Gasteiger partial charge on any atom is -0.494 e. The Labute approximate surface area is 388 Å². The number of carbonyl (C=O) groups excluding carboxylic acids is 2. The van der Waals surface area contributed by atoms with Crippen molar-refractivity contribution in [2.75, 3.05) is 80.1 Å². The molecule has 0 radical (unpaired) electrons. The lowest BCUT2D eigenvalue weighted by Gasteiger charge is -2.44. The summed E-state index contributed by atoms with van der Waals surface area (Å²) in [6.45, 7) is 8.44. The second-order valence-corrected chi connectivity index (χ2v) is 21.1. The van der Waals surface area contributed by atoms with Crippen LogP contribution in [0.3, 0.4) is 0 Å². The molecule has 4 aromatic carbocycles. The Balaban J connectivity index is 0.889. The molecule has 1 unspecified atom stereocenters. The number of hydrogen-bond donors (Lipinski definition) is 3. The van der Waals surface area contributed by atoms with Crippen LogP contribution in [0.25, 0.3) is 22.3 Å². The van der Waals surface area contributed by atoms with E-state index in [1.54, 1.807) is 31.2 Å². The van der Waals surface area contributed by atoms with Crippen molar-refractivity contribution in [2.24, 2.45) is 7.05 Å². The fraction of sp³-hybridized carbons (Fsp3) is 0.327. The van der Waals surface area contributed by atoms with Crippen molar-refractivity contribution in [2.45, 2.75) is 37.6 Å². The lowest BCUT2D eigenvalue weighted by Crippen LogP contribution is -2.53. The summed E-state index contributed by atoms with van der Waals surface area (Å²) in [4.78, 5) is 40.5. The maximum atomic E-state index is 15.4. The number of piperazine rings is 1. The zero-order valence-electron chi connectivity index (χ0n) is 37.4. The molecule has 9 rings (SSSR count). The Bertz CT molecular complexity index is 2820. The molecule has 2 aromatic heterocycles. The van der Waals surface area contributed by atoms with Crippen LogP contribution < -0.4 is 35.8 Å². The topological polar surface area (TPSA) is 150 Å². The molecule has 17 heteroatoms. The molecule has 3 aliphatic heterocycles. The molecule has 1 atom stereocenters. The molecule has 0 aliphatic carbocycles. The van der Waals surface area contributed by atoms with Crippen LogP contribution in [0.5, 0.6) is 5.75 Å². The van der Waals surface area contributed by atoms with E-state index in [0.29, 0.717) is 57.2 Å². The smallest absolute Gasteiger partial charge is 0.234 e. The van der Waals surface area contributed by atoms with E-state index in [-0.39, 0.29) is 12.3 Å². The highest BCUT2D eigenvalue weighted by Crippen LogP contribution is 2.43. The van der Waals surface area contributed by atoms with Gasteiger partial charge in [0, 0.05) is 104 Å². The number of anilines is 6. The number of halogens is 2. The Hall–Kier alpha value is -6.28. The van der Waals surface area contributed by atoms with E-state index < -0.39 is 24.8 Å². The maximum absolute atomic E-state index is 15.4. The quantitative estimate of drug-likeness (QED) is 0.0800. The number of ether oxygens (including phenoxy) is 1. The van der Waals surface area contributed by atoms with Gasteiger partial charge in [0.2, 0.25) is 17.8 Å². The van der Waals surface area contributed by atoms with Gasteiger partial charge in [0.1, 0.15) is 23.7 Å². The summed E-state index contributed by atoms with van der Waals surface area (Å²) in [5.74, 6) is -0.543. The predicted octanol–water partition coefficient (Wildman–Crippen LogP) is 8.39. The Morgan fingerprint density at radius 1 is 0.833 bits per heavy atom. The van der Waals surface area contributed by atoms with Crippen LogP contribution in [0, 0.1) is 5.82 Å². The lowest BCUT2D eigenvalue weighted by molar-refractivity contribution is -0.134. The Kier molecular flexibility index (Phi) is 12.9. The third kappa shape index (κ3) is 9.65. The second kappa shape index (κ2) is 18.9. The van der Waals surface area contributed by atoms with Crippen molar-refractivity contribution in [3.63, 3.8) is 0 Å². The standard InChI is InChI=1S/C49H53ClFN10O4P/c1-58-30-33(28-53-58)38-26-42(55-49-52-29-39(50)47(57-49)54-41-14-10-32(24-45(41)66(3,4)64)31-8-6-5-7-9-31)44(65-2)27-43(38)61-18-16-34(17-19-61)59-20-22-60(23-21-59)35-11-12-36(40(51)25-35)37-13-15-46(62)56-48(37)63/h5-12,14,24-30,34,37H,13,15-23H2,1-4H3,(H,56,62,63)(H2,52,54,55,57). The number of nitrogens with zero attached hydrogens (tertiary/aromatic N) is 7. The fourth-order valence-corrected chi connectivity index (χ4v) is 10.6. The van der Waals surface area contributed by atoms with Crippen LogP contribution in [0.4, 0.5) is 38.9 Å². The van der Waals surface area contributed by atoms with Crippen LogP contribution in [0.1, 0.15) is 37.2 Å². The van der Waals surface area contributed by atoms with Gasteiger partial charge >= 0.3 is 0 Å². The molecule has 0 spiro atoms. The highest BCUT2D eigenvalue weighted by atomic mass is 35.5. The average Bonchev–Trinajstić information content (AvgIpc) is 3.76. The number of hydrogen-bond acceptors (Lipinski definition) is 12. The van der Waals surface area contributed by atoms with Crippen LogP contribution in [-0.2, 0) is 21.2 Å². The summed E-state index contributed by atoms with van der Waals surface area (Å²) in [6, 6.07) is 25.5. The number of benzene rings is 4. The number of rotatable bonds is 12. The molecule has 3 N–H and O–H groups in total. The summed E-state index contributed by atoms with van der Waals surface area (Å²) in [5, 5.41) is 14.5. The number of methoxy groups -OCH3 is 1. The minimum absolute atomic E-state index is 0.211. The molecule has 2 amide bonds. The van der Waals surface area contributed by atoms with Crippen molar-refractivity contribution in [3.05, 3.63) is 114 Å². The van der Waals surface area contributed by atoms with Crippen molar-refractivity contribution < 1.29 is 23.3 Å². The molecule has 3 fully saturated rings. The van der Waals surface area contributed by atoms with Crippen LogP contribution in [0.15, 0.2) is 97.5 Å². The summed E-state index contributed by atoms with van der Waals surface area (Å²) < 4.78 is 36.8. The van der Waals surface area contributed by atoms with E-state index >= 15 is 4.39 Å². The van der Waals surface area contributed by atoms with E-state index in [0.717, 1.165) is 85.7 Å². The average molecular weight is 931 g/mol. The zero-order valence-corrected chi connectivity index (χ0v) is 39.1. The van der Waals surface area contributed by atoms with E-state index in [2.05, 4.69) is 46.8 Å². The van der Waals surface area contributed by atoms with E-state index in [1.165, 1.54) is 12.3 Å². The zero-order chi connectivity index (χ0) is 46.1. The van der Waals surface area contributed by atoms with Crippen molar-refractivity contribution in [3.8, 4) is 28.0 Å². The Morgan fingerprint density at radius 3 is 2.29 bits per heavy atom. The molecule has 3 saturated heterocycles. The number of aromatic nitrogens is 4. The largest absolute Gasteiger partial charge is 0.494 e. The fourth-order valence-electron chi connectivity index (χ4n) is 9.35. The normalized spacial score (nSPS) is 17.5. The van der Waals surface area contributed by atoms with E-state index in [1.807, 2.05) is 80.1 Å². The van der Waals surface area contributed by atoms with Gasteiger partial charge in [0.25, 0.3) is 0 Å². The monoisotopic (exact) mass is 930 g/mol. The number of nitrogens with one attached hydrogen (secondary N) is 3. The summed E-state index contributed by atoms with van der Waals surface area (Å²) in [5.41, 5.74) is 7.40. The van der Waals surface area contributed by atoms with Gasteiger partial charge in [0.05, 0.1) is 36.8 Å². The highest BCUT2D eigenvalue weighted by Gasteiger charge is 2.32. The molecule has 342 valence electrons. The van der Waals surface area contributed by atoms with Gasteiger partial charge in [-0.2, -0.15) is 10.1 Å². The van der Waals surface area contributed by atoms with E-state index in [9.17, 15) is 14.2 Å². The molecular weight excluding hydrogens is 878 g/mol. The molecule has 5 heterocycles. The maximum Gasteiger partial charge on any atom is 0.234 e. The van der Waals surface area contributed by atoms with Gasteiger partial charge in [-0.3, -0.25) is 24.5 Å². The number of imide groups is 1. The van der Waals surface area contributed by atoms with Crippen LogP contribution in [0.2, 0.25) is 5.02 Å². The summed E-state index contributed by atoms with van der Waals surface area (Å²) >= 11 is 6.69. The van der Waals surface area contributed by atoms with E-state index in [4.69, 9.17) is 21.3 Å². The number of amides is 2. The third-order valence-electron chi connectivity index (χ3n) is 12.9. The Morgan fingerprint density at radius 2 is 1.61 bits per heavy atom. The summed E-state index contributed by atoms with van der Waals surface area (Å²) in [7, 11) is 0.807. The predicted molar refractivity (Wildman–Crippen MR) is 260 cm³/mol. The van der Waals surface area contributed by atoms with Crippen molar-refractivity contribution in [1.82, 2.24) is 30.0 Å². The molecule has 6 aromatic rings. The van der Waals surface area contributed by atoms with Crippen molar-refractivity contribution >= 4 is 70.4 Å². The SMILES string of the molecule is COc1cc(N2CCC(N3CCN(c4ccc(C5CCC(=O)NC5=O)c(F)c4)CC3)CC2)c(-c2cnn(C)c2)cc1Nc1ncc(Cl)c(Nc2ccc(-c3ccccc3)cc2P(C)(C)=O)n1. The van der Waals surface area contributed by atoms with Gasteiger partial charge < -0.3 is 29.7 Å². The van der Waals surface area contributed by atoms with Crippen molar-refractivity contribution in [1.29, 1.82) is 0 Å². The molecule has 14 nitrogen and oxygen atoms in total. The molecular formula is C49H53ClFN10O4P. The second-order valence-electron chi connectivity index (χ2n) is 17.5. The van der Waals surface area contributed by atoms with Gasteiger partial charge in [-0.05, 0) is 74.1 Å². The molecule has 0 saturated carbocycles. The first-order chi connectivity index (χ1) is 31.8. The van der Waals surface area contributed by atoms with Gasteiger partial charge in [0.15, 0.2) is 5.82 Å². The third-order valence-corrected chi connectivity index (χ3v) is 14.7. The van der Waals surface area contributed by atoms with Gasteiger partial charge in [-0.1, -0.05) is 54.1 Å². The molecule has 0 bridgehead atoms. The van der Waals surface area contributed by atoms with Gasteiger partial charge in [-0.15, -0.1) is 0 Å². The highest BCUT2D eigenvalue weighted by molar-refractivity contribution is 7.70. The van der Waals surface area contributed by atoms with Gasteiger partial charge in [-0.25, -0.2) is 9.37 Å². The van der Waals surface area contributed by atoms with Crippen LogP contribution in [-0.4, -0.2) is 102 Å². The first-order valence-electron chi connectivity index (χ1n) is 22.2. The number of aryl methyl sites for hydroxylation is 1. The number of carbonyl (C=O) groups is 2. The number of piperidine rings is 2.